The van der Waals surface area contributed by atoms with E-state index in [9.17, 15) is 4.79 Å². The van der Waals surface area contributed by atoms with Crippen molar-refractivity contribution in [3.8, 4) is 0 Å². The molecule has 0 saturated carbocycles. The lowest BCUT2D eigenvalue weighted by Crippen LogP contribution is -2.14. The Kier molecular flexibility index (Phi) is 3.79. The zero-order chi connectivity index (χ0) is 13.1. The molecule has 1 amide bonds. The summed E-state index contributed by atoms with van der Waals surface area (Å²) in [6.45, 7) is 1.83. The summed E-state index contributed by atoms with van der Waals surface area (Å²) in [5.41, 5.74) is 1.32. The second-order valence-electron chi connectivity index (χ2n) is 3.62. The van der Waals surface area contributed by atoms with Crippen LogP contribution < -0.4 is 5.32 Å². The maximum atomic E-state index is 11.9. The van der Waals surface area contributed by atoms with Gasteiger partial charge in [0.1, 0.15) is 5.15 Å². The van der Waals surface area contributed by atoms with Crippen LogP contribution in [0.15, 0.2) is 30.5 Å². The van der Waals surface area contributed by atoms with Gasteiger partial charge in [0.15, 0.2) is 0 Å². The third-order valence-electron chi connectivity index (χ3n) is 2.27. The lowest BCUT2D eigenvalue weighted by Gasteiger charge is -2.05. The molecule has 92 valence electrons. The zero-order valence-corrected chi connectivity index (χ0v) is 11.0. The van der Waals surface area contributed by atoms with Crippen LogP contribution in [0.2, 0.25) is 10.2 Å². The Balaban J connectivity index is 2.19. The largest absolute Gasteiger partial charge is 0.290 e. The molecule has 18 heavy (non-hydrogen) atoms. The fraction of sp³-hybridized carbons (Fsp3) is 0.0833. The Morgan fingerprint density at radius 2 is 2.06 bits per heavy atom. The minimum Gasteiger partial charge on any atom is -0.290 e. The van der Waals surface area contributed by atoms with E-state index < -0.39 is 0 Å². The van der Waals surface area contributed by atoms with Crippen LogP contribution in [0.1, 0.15) is 15.9 Å². The number of carbonyl (C=O) groups excluding carboxylic acids is 1. The SMILES string of the molecule is Cc1cc(C(=O)Nc2nccc(Cl)n2)ccc1Cl. The third kappa shape index (κ3) is 2.97. The molecule has 2 rings (SSSR count). The molecule has 1 aromatic heterocycles. The number of halogens is 2. The summed E-state index contributed by atoms with van der Waals surface area (Å²) in [6, 6.07) is 6.53. The number of hydrogen-bond acceptors (Lipinski definition) is 3. The van der Waals surface area contributed by atoms with Crippen molar-refractivity contribution in [1.82, 2.24) is 9.97 Å². The third-order valence-corrected chi connectivity index (χ3v) is 2.90. The second kappa shape index (κ2) is 5.33. The molecule has 0 atom stereocenters. The number of anilines is 1. The van der Waals surface area contributed by atoms with Gasteiger partial charge in [0, 0.05) is 16.8 Å². The molecule has 0 aliphatic rings. The van der Waals surface area contributed by atoms with Crippen molar-refractivity contribution in [2.75, 3.05) is 5.32 Å². The van der Waals surface area contributed by atoms with Crippen LogP contribution in [0.4, 0.5) is 5.95 Å². The van der Waals surface area contributed by atoms with Gasteiger partial charge >= 0.3 is 0 Å². The smallest absolute Gasteiger partial charge is 0.258 e. The Bertz CT molecular complexity index is 602. The van der Waals surface area contributed by atoms with Crippen molar-refractivity contribution in [1.29, 1.82) is 0 Å². The van der Waals surface area contributed by atoms with Gasteiger partial charge in [-0.1, -0.05) is 23.2 Å². The number of nitrogens with zero attached hydrogens (tertiary/aromatic N) is 2. The number of nitrogens with one attached hydrogen (secondary N) is 1. The van der Waals surface area contributed by atoms with Gasteiger partial charge in [-0.25, -0.2) is 9.97 Å². The molecule has 0 aliphatic heterocycles. The van der Waals surface area contributed by atoms with Crippen molar-refractivity contribution < 1.29 is 4.79 Å². The fourth-order valence-corrected chi connectivity index (χ4v) is 1.61. The van der Waals surface area contributed by atoms with Crippen LogP contribution in [0.3, 0.4) is 0 Å². The first kappa shape index (κ1) is 12.8. The summed E-state index contributed by atoms with van der Waals surface area (Å²) in [5.74, 6) is -0.142. The van der Waals surface area contributed by atoms with E-state index in [1.54, 1.807) is 18.2 Å². The number of amides is 1. The molecule has 6 heteroatoms. The highest BCUT2D eigenvalue weighted by Gasteiger charge is 2.09. The predicted molar refractivity (Wildman–Crippen MR) is 71.2 cm³/mol. The normalized spacial score (nSPS) is 10.2. The topological polar surface area (TPSA) is 54.9 Å². The summed E-state index contributed by atoms with van der Waals surface area (Å²) in [6.07, 6.45) is 1.47. The van der Waals surface area contributed by atoms with Crippen LogP contribution in [0.25, 0.3) is 0 Å². The highest BCUT2D eigenvalue weighted by atomic mass is 35.5. The van der Waals surface area contributed by atoms with Gasteiger partial charge in [-0.3, -0.25) is 10.1 Å². The van der Waals surface area contributed by atoms with E-state index in [-0.39, 0.29) is 17.0 Å². The molecule has 1 heterocycles. The molecular weight excluding hydrogens is 273 g/mol. The molecule has 1 aromatic carbocycles. The minimum atomic E-state index is -0.308. The first-order valence-corrected chi connectivity index (χ1v) is 5.88. The van der Waals surface area contributed by atoms with Crippen LogP contribution in [0, 0.1) is 6.92 Å². The van der Waals surface area contributed by atoms with E-state index in [0.717, 1.165) is 5.56 Å². The highest BCUT2D eigenvalue weighted by molar-refractivity contribution is 6.31. The Morgan fingerprint density at radius 1 is 1.28 bits per heavy atom. The average Bonchev–Trinajstić information content (AvgIpc) is 2.32. The van der Waals surface area contributed by atoms with Crippen molar-refractivity contribution in [2.24, 2.45) is 0 Å². The van der Waals surface area contributed by atoms with Crippen LogP contribution in [-0.4, -0.2) is 15.9 Å². The minimum absolute atomic E-state index is 0.167. The lowest BCUT2D eigenvalue weighted by molar-refractivity contribution is 0.102. The summed E-state index contributed by atoms with van der Waals surface area (Å²) in [4.78, 5) is 19.7. The van der Waals surface area contributed by atoms with E-state index in [2.05, 4.69) is 15.3 Å². The standard InChI is InChI=1S/C12H9Cl2N3O/c1-7-6-8(2-3-9(7)13)11(18)17-12-15-5-4-10(14)16-12/h2-6H,1H3,(H,15,16,17,18). The van der Waals surface area contributed by atoms with Gasteiger partial charge in [-0.2, -0.15) is 0 Å². The second-order valence-corrected chi connectivity index (χ2v) is 4.42. The van der Waals surface area contributed by atoms with E-state index >= 15 is 0 Å². The number of aryl methyl sites for hydroxylation is 1. The predicted octanol–water partition coefficient (Wildman–Crippen LogP) is 3.34. The van der Waals surface area contributed by atoms with Crippen molar-refractivity contribution in [3.05, 3.63) is 51.8 Å². The molecular formula is C12H9Cl2N3O. The number of carbonyl (C=O) groups is 1. The molecule has 4 nitrogen and oxygen atoms in total. The van der Waals surface area contributed by atoms with Gasteiger partial charge in [-0.05, 0) is 36.8 Å². The van der Waals surface area contributed by atoms with Crippen LogP contribution in [-0.2, 0) is 0 Å². The number of rotatable bonds is 2. The quantitative estimate of drug-likeness (QED) is 0.859. The zero-order valence-electron chi connectivity index (χ0n) is 9.45. The number of hydrogen-bond donors (Lipinski definition) is 1. The summed E-state index contributed by atoms with van der Waals surface area (Å²) in [5, 5.41) is 3.44. The molecule has 1 N–H and O–H groups in total. The Labute approximate surface area is 114 Å². The maximum Gasteiger partial charge on any atom is 0.258 e. The van der Waals surface area contributed by atoms with Gasteiger partial charge in [0.05, 0.1) is 0 Å². The maximum absolute atomic E-state index is 11.9. The average molecular weight is 282 g/mol. The van der Waals surface area contributed by atoms with Crippen LogP contribution in [0.5, 0.6) is 0 Å². The van der Waals surface area contributed by atoms with Gasteiger partial charge in [-0.15, -0.1) is 0 Å². The molecule has 0 unspecified atom stereocenters. The van der Waals surface area contributed by atoms with Crippen molar-refractivity contribution in [3.63, 3.8) is 0 Å². The van der Waals surface area contributed by atoms with Crippen molar-refractivity contribution >= 4 is 35.1 Å². The molecule has 0 bridgehead atoms. The van der Waals surface area contributed by atoms with Crippen LogP contribution >= 0.6 is 23.2 Å². The highest BCUT2D eigenvalue weighted by Crippen LogP contribution is 2.17. The Morgan fingerprint density at radius 3 is 2.72 bits per heavy atom. The number of aromatic nitrogens is 2. The van der Waals surface area contributed by atoms with Gasteiger partial charge in [0.25, 0.3) is 5.91 Å². The van der Waals surface area contributed by atoms with E-state index in [1.165, 1.54) is 12.3 Å². The first-order valence-electron chi connectivity index (χ1n) is 5.12. The van der Waals surface area contributed by atoms with E-state index in [1.807, 2.05) is 6.92 Å². The molecule has 0 saturated heterocycles. The molecule has 2 aromatic rings. The molecule has 0 aliphatic carbocycles. The summed E-state index contributed by atoms with van der Waals surface area (Å²) >= 11 is 11.6. The molecule has 0 fully saturated rings. The number of benzene rings is 1. The summed E-state index contributed by atoms with van der Waals surface area (Å²) < 4.78 is 0. The monoisotopic (exact) mass is 281 g/mol. The van der Waals surface area contributed by atoms with Crippen molar-refractivity contribution in [2.45, 2.75) is 6.92 Å². The van der Waals surface area contributed by atoms with E-state index in [4.69, 9.17) is 23.2 Å². The lowest BCUT2D eigenvalue weighted by atomic mass is 10.1. The van der Waals surface area contributed by atoms with Gasteiger partial charge in [0.2, 0.25) is 5.95 Å². The Hall–Kier alpha value is -1.65. The summed E-state index contributed by atoms with van der Waals surface area (Å²) in [7, 11) is 0. The molecule has 0 spiro atoms. The van der Waals surface area contributed by atoms with E-state index in [0.29, 0.717) is 10.6 Å². The van der Waals surface area contributed by atoms with Gasteiger partial charge < -0.3 is 0 Å². The molecule has 0 radical (unpaired) electrons. The first-order chi connectivity index (χ1) is 8.56. The fourth-order valence-electron chi connectivity index (χ4n) is 1.36.